The average molecular weight is 340 g/mol. The summed E-state index contributed by atoms with van der Waals surface area (Å²) in [5.41, 5.74) is 1.27. The second-order valence-corrected chi connectivity index (χ2v) is 5.27. The number of carbonyl (C=O) groups is 1. The van der Waals surface area contributed by atoms with Crippen LogP contribution in [-0.4, -0.2) is 17.7 Å². The Morgan fingerprint density at radius 1 is 1.20 bits per heavy atom. The molecule has 0 saturated carbocycles. The van der Waals surface area contributed by atoms with Gasteiger partial charge in [0.25, 0.3) is 5.91 Å². The molecule has 0 atom stereocenters. The van der Waals surface area contributed by atoms with Crippen LogP contribution < -0.4 is 10.1 Å². The lowest BCUT2D eigenvalue weighted by Crippen LogP contribution is -2.23. The Morgan fingerprint density at radius 2 is 1.96 bits per heavy atom. The van der Waals surface area contributed by atoms with Gasteiger partial charge in [-0.25, -0.2) is 4.39 Å². The van der Waals surface area contributed by atoms with E-state index in [4.69, 9.17) is 9.26 Å². The Balaban J connectivity index is 1.69. The van der Waals surface area contributed by atoms with Crippen molar-refractivity contribution < 1.29 is 18.4 Å². The highest BCUT2D eigenvalue weighted by molar-refractivity contribution is 5.96. The van der Waals surface area contributed by atoms with Gasteiger partial charge >= 0.3 is 0 Å². The lowest BCUT2D eigenvalue weighted by Gasteiger charge is -2.09. The maximum atomic E-state index is 13.8. The molecule has 3 aromatic rings. The molecule has 1 aromatic heterocycles. The third-order valence-corrected chi connectivity index (χ3v) is 3.56. The van der Waals surface area contributed by atoms with Crippen LogP contribution in [0.5, 0.6) is 5.75 Å². The minimum atomic E-state index is -0.389. The first-order valence-electron chi connectivity index (χ1n) is 7.89. The van der Waals surface area contributed by atoms with Crippen LogP contribution in [0.25, 0.3) is 11.3 Å². The quantitative estimate of drug-likeness (QED) is 0.741. The van der Waals surface area contributed by atoms with Gasteiger partial charge < -0.3 is 14.6 Å². The van der Waals surface area contributed by atoms with Gasteiger partial charge in [0.05, 0.1) is 24.3 Å². The highest BCUT2D eigenvalue weighted by atomic mass is 19.1. The van der Waals surface area contributed by atoms with Crippen molar-refractivity contribution in [1.29, 1.82) is 0 Å². The molecule has 3 rings (SSSR count). The van der Waals surface area contributed by atoms with Crippen molar-refractivity contribution in [2.75, 3.05) is 6.61 Å². The van der Waals surface area contributed by atoms with Crippen LogP contribution >= 0.6 is 0 Å². The van der Waals surface area contributed by atoms with E-state index in [0.717, 1.165) is 0 Å². The van der Waals surface area contributed by atoms with E-state index >= 15 is 0 Å². The third-order valence-electron chi connectivity index (χ3n) is 3.56. The van der Waals surface area contributed by atoms with Crippen LogP contribution in [0, 0.1) is 5.82 Å². The summed E-state index contributed by atoms with van der Waals surface area (Å²) >= 11 is 0. The summed E-state index contributed by atoms with van der Waals surface area (Å²) in [6.07, 6.45) is 0. The molecule has 6 heteroatoms. The molecule has 0 aliphatic heterocycles. The highest BCUT2D eigenvalue weighted by Crippen LogP contribution is 2.23. The van der Waals surface area contributed by atoms with Crippen LogP contribution in [0.3, 0.4) is 0 Å². The molecule has 2 aromatic carbocycles. The molecule has 0 bridgehead atoms. The first-order valence-corrected chi connectivity index (χ1v) is 7.89. The smallest absolute Gasteiger partial charge is 0.255 e. The van der Waals surface area contributed by atoms with E-state index in [1.54, 1.807) is 48.5 Å². The predicted octanol–water partition coefficient (Wildman–Crippen LogP) is 3.81. The molecule has 1 N–H and O–H groups in total. The Morgan fingerprint density at radius 3 is 2.76 bits per heavy atom. The number of rotatable bonds is 6. The number of hydrogen-bond donors (Lipinski definition) is 1. The topological polar surface area (TPSA) is 64.4 Å². The number of para-hydroxylation sites is 1. The van der Waals surface area contributed by atoms with Gasteiger partial charge in [-0.2, -0.15) is 0 Å². The molecule has 0 aliphatic rings. The average Bonchev–Trinajstić information content (AvgIpc) is 3.09. The molecule has 0 unspecified atom stereocenters. The lowest BCUT2D eigenvalue weighted by molar-refractivity contribution is 0.0946. The van der Waals surface area contributed by atoms with Crippen molar-refractivity contribution in [2.24, 2.45) is 0 Å². The van der Waals surface area contributed by atoms with E-state index in [2.05, 4.69) is 10.5 Å². The van der Waals surface area contributed by atoms with Gasteiger partial charge in [0.15, 0.2) is 5.76 Å². The number of amides is 1. The fraction of sp³-hybridized carbons (Fsp3) is 0.158. The number of benzene rings is 2. The van der Waals surface area contributed by atoms with Gasteiger partial charge in [-0.1, -0.05) is 29.4 Å². The zero-order valence-electron chi connectivity index (χ0n) is 13.7. The maximum absolute atomic E-state index is 13.8. The van der Waals surface area contributed by atoms with Gasteiger partial charge in [-0.05, 0) is 31.2 Å². The largest absolute Gasteiger partial charge is 0.493 e. The Kier molecular flexibility index (Phi) is 5.09. The first kappa shape index (κ1) is 16.7. The second-order valence-electron chi connectivity index (χ2n) is 5.27. The molecule has 0 radical (unpaired) electrons. The van der Waals surface area contributed by atoms with E-state index in [1.165, 1.54) is 6.07 Å². The van der Waals surface area contributed by atoms with Gasteiger partial charge in [0.2, 0.25) is 0 Å². The molecule has 0 aliphatic carbocycles. The predicted molar refractivity (Wildman–Crippen MR) is 90.7 cm³/mol. The Bertz CT molecular complexity index is 876. The number of hydrogen-bond acceptors (Lipinski definition) is 4. The van der Waals surface area contributed by atoms with Crippen LogP contribution in [0.15, 0.2) is 59.1 Å². The van der Waals surface area contributed by atoms with E-state index in [0.29, 0.717) is 34.9 Å². The fourth-order valence-electron chi connectivity index (χ4n) is 2.38. The van der Waals surface area contributed by atoms with Crippen LogP contribution in [0.2, 0.25) is 0 Å². The SMILES string of the molecule is CCOc1ccccc1C(=O)NCc1cc(-c2ccccc2F)on1. The molecule has 5 nitrogen and oxygen atoms in total. The molecule has 0 fully saturated rings. The molecule has 0 saturated heterocycles. The molecular formula is C19H17FN2O3. The van der Waals surface area contributed by atoms with E-state index in [9.17, 15) is 9.18 Å². The van der Waals surface area contributed by atoms with Crippen LogP contribution in [0.4, 0.5) is 4.39 Å². The number of halogens is 1. The molecule has 1 amide bonds. The van der Waals surface area contributed by atoms with E-state index in [1.807, 2.05) is 6.92 Å². The standard InChI is InChI=1S/C19H17FN2O3/c1-2-24-17-10-6-4-8-15(17)19(23)21-12-13-11-18(25-22-13)14-7-3-5-9-16(14)20/h3-11H,2,12H2,1H3,(H,21,23). The molecule has 1 heterocycles. The highest BCUT2D eigenvalue weighted by Gasteiger charge is 2.14. The maximum Gasteiger partial charge on any atom is 0.255 e. The third kappa shape index (κ3) is 3.85. The molecule has 0 spiro atoms. The minimum absolute atomic E-state index is 0.164. The normalized spacial score (nSPS) is 10.5. The lowest BCUT2D eigenvalue weighted by atomic mass is 10.1. The number of aromatic nitrogens is 1. The second kappa shape index (κ2) is 7.61. The van der Waals surface area contributed by atoms with E-state index in [-0.39, 0.29) is 18.3 Å². The van der Waals surface area contributed by atoms with Gasteiger partial charge in [0, 0.05) is 6.07 Å². The van der Waals surface area contributed by atoms with Crippen molar-refractivity contribution in [2.45, 2.75) is 13.5 Å². The van der Waals surface area contributed by atoms with Crippen molar-refractivity contribution >= 4 is 5.91 Å². The number of ether oxygens (including phenoxy) is 1. The number of carbonyl (C=O) groups excluding carboxylic acids is 1. The zero-order chi connectivity index (χ0) is 17.6. The van der Waals surface area contributed by atoms with Crippen molar-refractivity contribution in [1.82, 2.24) is 10.5 Å². The van der Waals surface area contributed by atoms with Gasteiger partial charge in [-0.3, -0.25) is 4.79 Å². The first-order chi connectivity index (χ1) is 12.2. The molecule has 25 heavy (non-hydrogen) atoms. The van der Waals surface area contributed by atoms with Gasteiger partial charge in [-0.15, -0.1) is 0 Å². The summed E-state index contributed by atoms with van der Waals surface area (Å²) in [4.78, 5) is 12.3. The van der Waals surface area contributed by atoms with Gasteiger partial charge in [0.1, 0.15) is 17.3 Å². The van der Waals surface area contributed by atoms with Crippen LogP contribution in [-0.2, 0) is 6.54 Å². The van der Waals surface area contributed by atoms with Crippen LogP contribution in [0.1, 0.15) is 23.0 Å². The van der Waals surface area contributed by atoms with E-state index < -0.39 is 0 Å². The summed E-state index contributed by atoms with van der Waals surface area (Å²) in [6, 6.07) is 14.9. The van der Waals surface area contributed by atoms with Crippen molar-refractivity contribution in [3.05, 3.63) is 71.7 Å². The summed E-state index contributed by atoms with van der Waals surface area (Å²) in [5.74, 6) is 0.172. The Hall–Kier alpha value is -3.15. The molecule has 128 valence electrons. The van der Waals surface area contributed by atoms with Crippen molar-refractivity contribution in [3.8, 4) is 17.1 Å². The number of nitrogens with zero attached hydrogens (tertiary/aromatic N) is 1. The number of nitrogens with one attached hydrogen (secondary N) is 1. The Labute approximate surface area is 144 Å². The monoisotopic (exact) mass is 340 g/mol. The summed E-state index contributed by atoms with van der Waals surface area (Å²) in [7, 11) is 0. The zero-order valence-corrected chi connectivity index (χ0v) is 13.7. The molecular weight excluding hydrogens is 323 g/mol. The summed E-state index contributed by atoms with van der Waals surface area (Å²) < 4.78 is 24.4. The fourth-order valence-corrected chi connectivity index (χ4v) is 2.38. The minimum Gasteiger partial charge on any atom is -0.493 e. The summed E-state index contributed by atoms with van der Waals surface area (Å²) in [6.45, 7) is 2.49. The summed E-state index contributed by atoms with van der Waals surface area (Å²) in [5, 5.41) is 6.63. The van der Waals surface area contributed by atoms with Crippen molar-refractivity contribution in [3.63, 3.8) is 0 Å².